The first-order valence-corrected chi connectivity index (χ1v) is 11.0. The molecule has 4 N–H and O–H groups in total. The number of amides is 1. The van der Waals surface area contributed by atoms with E-state index >= 15 is 0 Å². The molecule has 4 unspecified atom stereocenters. The van der Waals surface area contributed by atoms with Crippen molar-refractivity contribution < 1.29 is 15.0 Å². The molecule has 162 valence electrons. The van der Waals surface area contributed by atoms with Gasteiger partial charge in [-0.1, -0.05) is 26.2 Å². The van der Waals surface area contributed by atoms with Crippen molar-refractivity contribution >= 4 is 5.91 Å². The van der Waals surface area contributed by atoms with Crippen molar-refractivity contribution in [2.75, 3.05) is 6.54 Å². The molecule has 1 aliphatic heterocycles. The van der Waals surface area contributed by atoms with E-state index in [4.69, 9.17) is 0 Å². The van der Waals surface area contributed by atoms with Gasteiger partial charge in [0.1, 0.15) is 24.5 Å². The predicted octanol–water partition coefficient (Wildman–Crippen LogP) is 1.84. The van der Waals surface area contributed by atoms with Crippen molar-refractivity contribution in [1.29, 1.82) is 0 Å². The van der Waals surface area contributed by atoms with Crippen LogP contribution in [0, 0.1) is 12.8 Å². The zero-order chi connectivity index (χ0) is 21.0. The summed E-state index contributed by atoms with van der Waals surface area (Å²) in [5.74, 6) is 0.257. The lowest BCUT2D eigenvalue weighted by Crippen LogP contribution is -2.68. The number of nitrogens with zero attached hydrogens (tertiary/aromatic N) is 2. The third kappa shape index (κ3) is 5.15. The topological polar surface area (TPSA) is 97.7 Å². The van der Waals surface area contributed by atoms with Crippen LogP contribution in [0.15, 0.2) is 18.3 Å². The Bertz CT molecular complexity index is 680. The summed E-state index contributed by atoms with van der Waals surface area (Å²) in [7, 11) is 0. The van der Waals surface area contributed by atoms with E-state index in [1.165, 1.54) is 19.3 Å². The molecule has 1 aliphatic carbocycles. The summed E-state index contributed by atoms with van der Waals surface area (Å²) in [6.07, 6.45) is 5.66. The summed E-state index contributed by atoms with van der Waals surface area (Å²) >= 11 is 0. The van der Waals surface area contributed by atoms with Crippen LogP contribution in [-0.4, -0.2) is 57.0 Å². The van der Waals surface area contributed by atoms with Gasteiger partial charge in [0.25, 0.3) is 0 Å². The number of aliphatic hydroxyl groups is 2. The fraction of sp³-hybridized carbons (Fsp3) is 0.727. The first-order valence-electron chi connectivity index (χ1n) is 11.0. The Morgan fingerprint density at radius 1 is 1.34 bits per heavy atom. The number of rotatable bonds is 6. The van der Waals surface area contributed by atoms with Crippen LogP contribution < -0.4 is 10.6 Å². The number of nitrogens with one attached hydrogen (secondary N) is 2. The van der Waals surface area contributed by atoms with Crippen LogP contribution in [0.25, 0.3) is 0 Å². The van der Waals surface area contributed by atoms with E-state index in [0.717, 1.165) is 30.5 Å². The third-order valence-electron chi connectivity index (χ3n) is 6.36. The Morgan fingerprint density at radius 3 is 2.72 bits per heavy atom. The Balaban J connectivity index is 1.81. The van der Waals surface area contributed by atoms with Crippen molar-refractivity contribution in [2.45, 2.75) is 89.9 Å². The molecule has 1 amide bonds. The van der Waals surface area contributed by atoms with Crippen molar-refractivity contribution in [3.63, 3.8) is 0 Å². The Kier molecular flexibility index (Phi) is 7.62. The quantitative estimate of drug-likeness (QED) is 0.578. The van der Waals surface area contributed by atoms with Gasteiger partial charge in [-0.15, -0.1) is 0 Å². The summed E-state index contributed by atoms with van der Waals surface area (Å²) in [6.45, 7) is 6.69. The van der Waals surface area contributed by atoms with Crippen LogP contribution in [-0.2, 0) is 4.79 Å². The van der Waals surface area contributed by atoms with Gasteiger partial charge < -0.3 is 15.5 Å². The molecule has 7 heteroatoms. The predicted molar refractivity (Wildman–Crippen MR) is 112 cm³/mol. The molecule has 0 spiro atoms. The third-order valence-corrected chi connectivity index (χ3v) is 6.36. The molecule has 2 heterocycles. The maximum Gasteiger partial charge on any atom is 0.240 e. The molecule has 3 rings (SSSR count). The Morgan fingerprint density at radius 2 is 2.07 bits per heavy atom. The number of aliphatic hydroxyl groups excluding tert-OH is 2. The number of hydrogen-bond donors (Lipinski definition) is 4. The number of aromatic nitrogens is 1. The molecule has 0 aromatic carbocycles. The van der Waals surface area contributed by atoms with E-state index in [1.54, 1.807) is 6.20 Å². The van der Waals surface area contributed by atoms with Gasteiger partial charge in [-0.05, 0) is 56.7 Å². The molecule has 7 nitrogen and oxygen atoms in total. The fourth-order valence-corrected chi connectivity index (χ4v) is 4.74. The lowest BCUT2D eigenvalue weighted by Gasteiger charge is -2.46. The average molecular weight is 405 g/mol. The minimum Gasteiger partial charge on any atom is -0.387 e. The SMILES string of the molecule is CCCN1C(c2cc(C)ccn2)NC(O)C(O)C1C(=O)N[C@@H](C)C1CCCCC1. The molecule has 0 bridgehead atoms. The molecule has 1 saturated carbocycles. The van der Waals surface area contributed by atoms with Crippen LogP contribution in [0.3, 0.4) is 0 Å². The standard InChI is InChI=1S/C22H36N4O3/c1-4-12-26-18(21(28)24-15(3)16-8-6-5-7-9-16)19(27)22(29)25-20(26)17-13-14(2)10-11-23-17/h10-11,13,15-16,18-20,22,25,27,29H,4-9,12H2,1-3H3,(H,24,28)/t15-,18?,19?,20?,22?/m0/s1. The molecule has 1 saturated heterocycles. The van der Waals surface area contributed by atoms with Crippen LogP contribution in [0.5, 0.6) is 0 Å². The summed E-state index contributed by atoms with van der Waals surface area (Å²) < 4.78 is 0. The minimum atomic E-state index is -1.21. The van der Waals surface area contributed by atoms with Crippen molar-refractivity contribution in [2.24, 2.45) is 5.92 Å². The number of carbonyl (C=O) groups excluding carboxylic acids is 1. The monoisotopic (exact) mass is 404 g/mol. The second-order valence-corrected chi connectivity index (χ2v) is 8.64. The average Bonchev–Trinajstić information content (AvgIpc) is 2.71. The summed E-state index contributed by atoms with van der Waals surface area (Å²) in [4.78, 5) is 19.7. The van der Waals surface area contributed by atoms with Crippen molar-refractivity contribution in [3.05, 3.63) is 29.6 Å². The van der Waals surface area contributed by atoms with Crippen LogP contribution in [0.2, 0.25) is 0 Å². The van der Waals surface area contributed by atoms with Gasteiger partial charge in [0.15, 0.2) is 0 Å². The smallest absolute Gasteiger partial charge is 0.240 e. The van der Waals surface area contributed by atoms with Crippen molar-refractivity contribution in [3.8, 4) is 0 Å². The Hall–Kier alpha value is -1.54. The minimum absolute atomic E-state index is 0.0565. The van der Waals surface area contributed by atoms with E-state index in [-0.39, 0.29) is 11.9 Å². The summed E-state index contributed by atoms with van der Waals surface area (Å²) in [5, 5.41) is 27.4. The molecule has 2 fully saturated rings. The highest BCUT2D eigenvalue weighted by atomic mass is 16.3. The maximum absolute atomic E-state index is 13.3. The van der Waals surface area contributed by atoms with E-state index in [2.05, 4.69) is 22.5 Å². The molecular formula is C22H36N4O3. The van der Waals surface area contributed by atoms with Gasteiger partial charge >= 0.3 is 0 Å². The molecule has 5 atom stereocenters. The summed E-state index contributed by atoms with van der Waals surface area (Å²) in [5.41, 5.74) is 1.79. The summed E-state index contributed by atoms with van der Waals surface area (Å²) in [6, 6.07) is 3.09. The highest BCUT2D eigenvalue weighted by molar-refractivity contribution is 5.83. The lowest BCUT2D eigenvalue weighted by atomic mass is 9.84. The zero-order valence-electron chi connectivity index (χ0n) is 17.8. The first kappa shape index (κ1) is 22.2. The fourth-order valence-electron chi connectivity index (χ4n) is 4.74. The van der Waals surface area contributed by atoms with E-state index in [9.17, 15) is 15.0 Å². The van der Waals surface area contributed by atoms with E-state index < -0.39 is 24.5 Å². The molecular weight excluding hydrogens is 368 g/mol. The van der Waals surface area contributed by atoms with Crippen LogP contribution >= 0.6 is 0 Å². The largest absolute Gasteiger partial charge is 0.387 e. The first-order chi connectivity index (χ1) is 13.9. The van der Waals surface area contributed by atoms with Gasteiger partial charge in [0, 0.05) is 18.8 Å². The highest BCUT2D eigenvalue weighted by Gasteiger charge is 2.46. The van der Waals surface area contributed by atoms with Gasteiger partial charge in [-0.2, -0.15) is 0 Å². The van der Waals surface area contributed by atoms with E-state index in [0.29, 0.717) is 12.5 Å². The Labute approximate surface area is 173 Å². The molecule has 2 aliphatic rings. The highest BCUT2D eigenvalue weighted by Crippen LogP contribution is 2.29. The number of hydrogen-bond acceptors (Lipinski definition) is 6. The second kappa shape index (κ2) is 9.98. The van der Waals surface area contributed by atoms with Gasteiger partial charge in [-0.3, -0.25) is 20.0 Å². The van der Waals surface area contributed by atoms with Gasteiger partial charge in [0.05, 0.1) is 5.69 Å². The zero-order valence-corrected chi connectivity index (χ0v) is 17.8. The second-order valence-electron chi connectivity index (χ2n) is 8.64. The number of carbonyl (C=O) groups is 1. The van der Waals surface area contributed by atoms with Crippen LogP contribution in [0.1, 0.15) is 69.8 Å². The van der Waals surface area contributed by atoms with Gasteiger partial charge in [-0.25, -0.2) is 0 Å². The van der Waals surface area contributed by atoms with Gasteiger partial charge in [0.2, 0.25) is 5.91 Å². The normalized spacial score (nSPS) is 30.1. The molecule has 1 aromatic heterocycles. The molecule has 1 aromatic rings. The maximum atomic E-state index is 13.3. The number of aryl methyl sites for hydroxylation is 1. The van der Waals surface area contributed by atoms with Crippen LogP contribution in [0.4, 0.5) is 0 Å². The molecule has 29 heavy (non-hydrogen) atoms. The lowest BCUT2D eigenvalue weighted by molar-refractivity contribution is -0.154. The molecule has 0 radical (unpaired) electrons. The van der Waals surface area contributed by atoms with Crippen molar-refractivity contribution in [1.82, 2.24) is 20.5 Å². The van der Waals surface area contributed by atoms with E-state index in [1.807, 2.05) is 30.9 Å². The number of pyridine rings is 1.